The van der Waals surface area contributed by atoms with E-state index in [1.54, 1.807) is 0 Å². The Morgan fingerprint density at radius 2 is 2.40 bits per heavy atom. The molecule has 2 rings (SSSR count). The number of aromatic nitrogens is 1. The van der Waals surface area contributed by atoms with Crippen LogP contribution in [0.25, 0.3) is 0 Å². The van der Waals surface area contributed by atoms with Crippen LogP contribution in [0.2, 0.25) is 0 Å². The van der Waals surface area contributed by atoms with Crippen molar-refractivity contribution < 1.29 is 0 Å². The first kappa shape index (κ1) is 10.7. The Bertz CT molecular complexity index is 340. The molecule has 1 saturated heterocycles. The van der Waals surface area contributed by atoms with E-state index >= 15 is 0 Å². The third-order valence-corrected chi connectivity index (χ3v) is 3.70. The Labute approximate surface area is 96.3 Å². The number of anilines is 1. The summed E-state index contributed by atoms with van der Waals surface area (Å²) in [4.78, 5) is 6.78. The number of halogens is 1. The molecule has 2 atom stereocenters. The molecule has 82 valence electrons. The quantitative estimate of drug-likeness (QED) is 0.719. The van der Waals surface area contributed by atoms with Crippen LogP contribution in [-0.2, 0) is 0 Å². The van der Waals surface area contributed by atoms with Crippen LogP contribution >= 0.6 is 11.6 Å². The van der Waals surface area contributed by atoms with Gasteiger partial charge in [-0.25, -0.2) is 4.98 Å². The number of hydrogen-bond donors (Lipinski definition) is 0. The van der Waals surface area contributed by atoms with Crippen LogP contribution in [0.3, 0.4) is 0 Å². The van der Waals surface area contributed by atoms with Crippen LogP contribution in [0.1, 0.15) is 18.9 Å². The Hall–Kier alpha value is -0.760. The lowest BCUT2D eigenvalue weighted by molar-refractivity contribution is 0.550. The molecule has 2 nitrogen and oxygen atoms in total. The minimum Gasteiger partial charge on any atom is -0.354 e. The summed E-state index contributed by atoms with van der Waals surface area (Å²) in [7, 11) is 0. The van der Waals surface area contributed by atoms with E-state index in [9.17, 15) is 0 Å². The van der Waals surface area contributed by atoms with Gasteiger partial charge in [-0.3, -0.25) is 0 Å². The van der Waals surface area contributed by atoms with Gasteiger partial charge in [0.1, 0.15) is 5.82 Å². The Morgan fingerprint density at radius 3 is 3.00 bits per heavy atom. The molecule has 0 amide bonds. The van der Waals surface area contributed by atoms with E-state index in [-0.39, 0.29) is 0 Å². The molecule has 1 aromatic rings. The van der Waals surface area contributed by atoms with Crippen molar-refractivity contribution in [3.63, 3.8) is 0 Å². The van der Waals surface area contributed by atoms with Crippen LogP contribution < -0.4 is 4.90 Å². The molecule has 0 aliphatic carbocycles. The van der Waals surface area contributed by atoms with Crippen molar-refractivity contribution in [2.45, 2.75) is 26.3 Å². The number of nitrogens with zero attached hydrogens (tertiary/aromatic N) is 2. The van der Waals surface area contributed by atoms with Gasteiger partial charge in [0.05, 0.1) is 0 Å². The normalized spacial score (nSPS) is 25.9. The summed E-state index contributed by atoms with van der Waals surface area (Å²) in [6.07, 6.45) is 3.06. The van der Waals surface area contributed by atoms with E-state index < -0.39 is 0 Å². The van der Waals surface area contributed by atoms with Crippen molar-refractivity contribution >= 4 is 17.4 Å². The fraction of sp³-hybridized carbons (Fsp3) is 0.583. The van der Waals surface area contributed by atoms with Crippen molar-refractivity contribution in [1.29, 1.82) is 0 Å². The second-order valence-corrected chi connectivity index (χ2v) is 4.64. The van der Waals surface area contributed by atoms with Crippen molar-refractivity contribution in [3.8, 4) is 0 Å². The minimum atomic E-state index is 0.511. The summed E-state index contributed by atoms with van der Waals surface area (Å²) in [5.41, 5.74) is 1.27. The topological polar surface area (TPSA) is 16.1 Å². The summed E-state index contributed by atoms with van der Waals surface area (Å²) >= 11 is 5.94. The van der Waals surface area contributed by atoms with Crippen LogP contribution in [0.5, 0.6) is 0 Å². The fourth-order valence-electron chi connectivity index (χ4n) is 2.21. The number of hydrogen-bond acceptors (Lipinski definition) is 2. The summed E-state index contributed by atoms with van der Waals surface area (Å²) in [5, 5.41) is 0. The predicted octanol–water partition coefficient (Wildman–Crippen LogP) is 2.84. The van der Waals surface area contributed by atoms with Gasteiger partial charge in [0.15, 0.2) is 0 Å². The largest absolute Gasteiger partial charge is 0.354 e. The smallest absolute Gasteiger partial charge is 0.128 e. The van der Waals surface area contributed by atoms with Gasteiger partial charge >= 0.3 is 0 Å². The molecular formula is C12H17ClN2. The second-order valence-electron chi connectivity index (χ2n) is 4.33. The lowest BCUT2D eigenvalue weighted by Crippen LogP contribution is -2.31. The summed E-state index contributed by atoms with van der Waals surface area (Å²) in [5.74, 6) is 2.45. The van der Waals surface area contributed by atoms with Crippen molar-refractivity contribution in [2.24, 2.45) is 5.92 Å². The van der Waals surface area contributed by atoms with Crippen LogP contribution in [0.4, 0.5) is 5.82 Å². The van der Waals surface area contributed by atoms with Gasteiger partial charge < -0.3 is 4.90 Å². The molecule has 0 aromatic carbocycles. The van der Waals surface area contributed by atoms with Gasteiger partial charge in [-0.05, 0) is 43.9 Å². The molecule has 0 spiro atoms. The molecule has 0 bridgehead atoms. The van der Waals surface area contributed by atoms with Crippen LogP contribution in [0, 0.1) is 12.8 Å². The van der Waals surface area contributed by atoms with E-state index in [0.717, 1.165) is 18.2 Å². The van der Waals surface area contributed by atoms with Crippen molar-refractivity contribution in [1.82, 2.24) is 4.98 Å². The molecule has 0 saturated carbocycles. The van der Waals surface area contributed by atoms with E-state index in [1.165, 1.54) is 12.0 Å². The highest BCUT2D eigenvalue weighted by Gasteiger charge is 2.30. The number of rotatable bonds is 2. The van der Waals surface area contributed by atoms with Crippen molar-refractivity contribution in [2.75, 3.05) is 17.3 Å². The average Bonchev–Trinajstić information content (AvgIpc) is 2.59. The minimum absolute atomic E-state index is 0.511. The number of aryl methyl sites for hydroxylation is 1. The Kier molecular flexibility index (Phi) is 3.15. The zero-order valence-electron chi connectivity index (χ0n) is 9.28. The molecular weight excluding hydrogens is 208 g/mol. The molecule has 0 radical (unpaired) electrons. The van der Waals surface area contributed by atoms with Gasteiger partial charge in [0.2, 0.25) is 0 Å². The van der Waals surface area contributed by atoms with Crippen LogP contribution in [0.15, 0.2) is 18.3 Å². The molecule has 1 aliphatic rings. The maximum absolute atomic E-state index is 5.94. The number of pyridine rings is 1. The first-order valence-corrected chi connectivity index (χ1v) is 6.01. The highest BCUT2D eigenvalue weighted by molar-refractivity contribution is 6.18. The first-order chi connectivity index (χ1) is 7.22. The molecule has 3 heteroatoms. The molecule has 1 aliphatic heterocycles. The molecule has 0 N–H and O–H groups in total. The van der Waals surface area contributed by atoms with Gasteiger partial charge in [-0.2, -0.15) is 0 Å². The molecule has 2 unspecified atom stereocenters. The second kappa shape index (κ2) is 4.40. The van der Waals surface area contributed by atoms with Crippen LogP contribution in [-0.4, -0.2) is 23.5 Å². The lowest BCUT2D eigenvalue weighted by atomic mass is 10.1. The average molecular weight is 225 g/mol. The maximum Gasteiger partial charge on any atom is 0.128 e. The first-order valence-electron chi connectivity index (χ1n) is 5.47. The van der Waals surface area contributed by atoms with Gasteiger partial charge in [0, 0.05) is 24.7 Å². The SMILES string of the molecule is Cc1ccnc(N2CCC(CCl)C2C)c1. The molecule has 1 aromatic heterocycles. The Morgan fingerprint density at radius 1 is 1.60 bits per heavy atom. The fourth-order valence-corrected chi connectivity index (χ4v) is 2.62. The molecule has 2 heterocycles. The van der Waals surface area contributed by atoms with E-state index in [4.69, 9.17) is 11.6 Å². The third kappa shape index (κ3) is 2.10. The third-order valence-electron chi connectivity index (χ3n) is 3.31. The van der Waals surface area contributed by atoms with Gasteiger partial charge in [0.25, 0.3) is 0 Å². The summed E-state index contributed by atoms with van der Waals surface area (Å²) in [6, 6.07) is 4.69. The zero-order valence-corrected chi connectivity index (χ0v) is 10.0. The monoisotopic (exact) mass is 224 g/mol. The predicted molar refractivity (Wildman–Crippen MR) is 64.6 cm³/mol. The van der Waals surface area contributed by atoms with E-state index in [2.05, 4.69) is 29.8 Å². The zero-order chi connectivity index (χ0) is 10.8. The lowest BCUT2D eigenvalue weighted by Gasteiger charge is -2.25. The maximum atomic E-state index is 5.94. The highest BCUT2D eigenvalue weighted by atomic mass is 35.5. The van der Waals surface area contributed by atoms with Gasteiger partial charge in [-0.1, -0.05) is 0 Å². The number of alkyl halides is 1. The Balaban J connectivity index is 2.18. The summed E-state index contributed by atoms with van der Waals surface area (Å²) < 4.78 is 0. The highest BCUT2D eigenvalue weighted by Crippen LogP contribution is 2.29. The standard InChI is InChI=1S/C12H17ClN2/c1-9-3-5-14-12(7-9)15-6-4-11(8-13)10(15)2/h3,5,7,10-11H,4,6,8H2,1-2H3. The molecule has 15 heavy (non-hydrogen) atoms. The summed E-state index contributed by atoms with van der Waals surface area (Å²) in [6.45, 7) is 5.42. The van der Waals surface area contributed by atoms with Crippen molar-refractivity contribution in [3.05, 3.63) is 23.9 Å². The van der Waals surface area contributed by atoms with E-state index in [0.29, 0.717) is 12.0 Å². The van der Waals surface area contributed by atoms with E-state index in [1.807, 2.05) is 12.3 Å². The molecule has 1 fully saturated rings. The van der Waals surface area contributed by atoms with Gasteiger partial charge in [-0.15, -0.1) is 11.6 Å².